The van der Waals surface area contributed by atoms with Crippen LogP contribution in [0.1, 0.15) is 25.0 Å². The maximum Gasteiger partial charge on any atom is 0.326 e. The van der Waals surface area contributed by atoms with Crippen LogP contribution in [-0.4, -0.2) is 41.0 Å². The molecule has 2 atom stereocenters. The molecule has 1 aliphatic heterocycles. The summed E-state index contributed by atoms with van der Waals surface area (Å²) in [5.74, 6) is -1.26. The third kappa shape index (κ3) is 3.42. The number of carbonyl (C=O) groups excluding carboxylic acids is 1. The lowest BCUT2D eigenvalue weighted by atomic mass is 9.93. The average Bonchev–Trinajstić information content (AvgIpc) is 2.50. The molecule has 0 radical (unpaired) electrons. The van der Waals surface area contributed by atoms with Crippen molar-refractivity contribution >= 4 is 11.9 Å². The fourth-order valence-electron chi connectivity index (χ4n) is 2.71. The van der Waals surface area contributed by atoms with Gasteiger partial charge in [0, 0.05) is 25.4 Å². The van der Waals surface area contributed by atoms with Gasteiger partial charge in [-0.2, -0.15) is 0 Å². The quantitative estimate of drug-likeness (QED) is 0.857. The Morgan fingerprint density at radius 3 is 2.67 bits per heavy atom. The second-order valence-electron chi connectivity index (χ2n) is 5.50. The van der Waals surface area contributed by atoms with Gasteiger partial charge in [0.2, 0.25) is 5.91 Å². The molecule has 0 aliphatic carbocycles. The lowest BCUT2D eigenvalue weighted by Crippen LogP contribution is -2.51. The number of aliphatic carboxylic acids is 1. The van der Waals surface area contributed by atoms with E-state index < -0.39 is 12.0 Å². The maximum atomic E-state index is 12.6. The van der Waals surface area contributed by atoms with E-state index in [2.05, 4.69) is 5.32 Å². The molecule has 2 N–H and O–H groups in total. The van der Waals surface area contributed by atoms with Crippen LogP contribution in [0.5, 0.6) is 0 Å². The molecule has 0 saturated heterocycles. The molecule has 5 nitrogen and oxygen atoms in total. The van der Waals surface area contributed by atoms with Gasteiger partial charge in [0.1, 0.15) is 6.04 Å². The van der Waals surface area contributed by atoms with Gasteiger partial charge in [0.05, 0.1) is 0 Å². The van der Waals surface area contributed by atoms with E-state index in [0.717, 1.165) is 17.7 Å². The molecule has 0 bridgehead atoms. The molecule has 21 heavy (non-hydrogen) atoms. The molecule has 0 spiro atoms. The average molecular weight is 290 g/mol. The number of carboxylic acid groups (broad SMARTS) is 1. The van der Waals surface area contributed by atoms with E-state index in [1.54, 1.807) is 0 Å². The molecule has 5 heteroatoms. The number of carboxylic acids is 1. The molecule has 0 saturated carbocycles. The summed E-state index contributed by atoms with van der Waals surface area (Å²) in [6, 6.07) is 6.96. The minimum Gasteiger partial charge on any atom is -0.480 e. The Kier molecular flexibility index (Phi) is 4.96. The summed E-state index contributed by atoms with van der Waals surface area (Å²) < 4.78 is 0. The van der Waals surface area contributed by atoms with Gasteiger partial charge in [-0.15, -0.1) is 0 Å². The zero-order valence-corrected chi connectivity index (χ0v) is 12.5. The number of nitrogens with one attached hydrogen (secondary N) is 1. The summed E-state index contributed by atoms with van der Waals surface area (Å²) in [5, 5.41) is 12.6. The summed E-state index contributed by atoms with van der Waals surface area (Å²) in [4.78, 5) is 25.6. The van der Waals surface area contributed by atoms with E-state index in [4.69, 9.17) is 0 Å². The first-order valence-electron chi connectivity index (χ1n) is 7.35. The van der Waals surface area contributed by atoms with Gasteiger partial charge in [-0.05, 0) is 17.7 Å². The van der Waals surface area contributed by atoms with E-state index in [-0.39, 0.29) is 11.8 Å². The van der Waals surface area contributed by atoms with Crippen LogP contribution in [0, 0.1) is 5.92 Å². The number of hydrogen-bond acceptors (Lipinski definition) is 3. The Morgan fingerprint density at radius 2 is 2.05 bits per heavy atom. The lowest BCUT2D eigenvalue weighted by Gasteiger charge is -2.36. The van der Waals surface area contributed by atoms with Crippen LogP contribution in [-0.2, 0) is 22.6 Å². The van der Waals surface area contributed by atoms with Crippen LogP contribution in [0.3, 0.4) is 0 Å². The molecule has 0 aromatic heterocycles. The highest BCUT2D eigenvalue weighted by Gasteiger charge is 2.35. The Hall–Kier alpha value is -1.88. The highest BCUT2D eigenvalue weighted by Crippen LogP contribution is 2.24. The van der Waals surface area contributed by atoms with Gasteiger partial charge >= 0.3 is 5.97 Å². The predicted molar refractivity (Wildman–Crippen MR) is 79.8 cm³/mol. The van der Waals surface area contributed by atoms with E-state index in [1.165, 1.54) is 4.90 Å². The smallest absolute Gasteiger partial charge is 0.326 e. The zero-order valence-electron chi connectivity index (χ0n) is 12.5. The SMILES string of the molecule is CCNCC(C)C(=O)N1Cc2ccccc2C[C@@H]1C(=O)O. The van der Waals surface area contributed by atoms with Crippen LogP contribution in [0.25, 0.3) is 0 Å². The van der Waals surface area contributed by atoms with E-state index in [0.29, 0.717) is 19.5 Å². The van der Waals surface area contributed by atoms with Gasteiger partial charge in [-0.3, -0.25) is 4.79 Å². The minimum atomic E-state index is -0.937. The first-order valence-corrected chi connectivity index (χ1v) is 7.35. The van der Waals surface area contributed by atoms with Gasteiger partial charge in [0.15, 0.2) is 0 Å². The molecule has 1 amide bonds. The van der Waals surface area contributed by atoms with Crippen molar-refractivity contribution in [2.45, 2.75) is 32.9 Å². The number of hydrogen-bond donors (Lipinski definition) is 2. The summed E-state index contributed by atoms with van der Waals surface area (Å²) in [6.07, 6.45) is 0.380. The number of amides is 1. The van der Waals surface area contributed by atoms with Crippen molar-refractivity contribution < 1.29 is 14.7 Å². The molecular weight excluding hydrogens is 268 g/mol. The predicted octanol–water partition coefficient (Wildman–Crippen LogP) is 1.27. The Morgan fingerprint density at radius 1 is 1.38 bits per heavy atom. The number of benzene rings is 1. The van der Waals surface area contributed by atoms with Gasteiger partial charge < -0.3 is 15.3 Å². The van der Waals surface area contributed by atoms with Gasteiger partial charge in [-0.25, -0.2) is 4.79 Å². The highest BCUT2D eigenvalue weighted by atomic mass is 16.4. The molecule has 1 aromatic carbocycles. The summed E-state index contributed by atoms with van der Waals surface area (Å²) in [7, 11) is 0. The van der Waals surface area contributed by atoms with Crippen molar-refractivity contribution in [3.05, 3.63) is 35.4 Å². The van der Waals surface area contributed by atoms with E-state index >= 15 is 0 Å². The molecule has 1 unspecified atom stereocenters. The number of nitrogens with zero attached hydrogens (tertiary/aromatic N) is 1. The van der Waals surface area contributed by atoms with Crippen LogP contribution >= 0.6 is 0 Å². The van der Waals surface area contributed by atoms with Crippen LogP contribution < -0.4 is 5.32 Å². The molecular formula is C16H22N2O3. The second-order valence-corrected chi connectivity index (χ2v) is 5.50. The monoisotopic (exact) mass is 290 g/mol. The van der Waals surface area contributed by atoms with Gasteiger partial charge in [-0.1, -0.05) is 38.1 Å². The lowest BCUT2D eigenvalue weighted by molar-refractivity contribution is -0.153. The normalized spacial score (nSPS) is 19.0. The van der Waals surface area contributed by atoms with Crippen molar-refractivity contribution in [2.24, 2.45) is 5.92 Å². The first kappa shape index (κ1) is 15.5. The standard InChI is InChI=1S/C16H22N2O3/c1-3-17-9-11(2)15(19)18-10-13-7-5-4-6-12(13)8-14(18)16(20)21/h4-7,11,14,17H,3,8-10H2,1-2H3,(H,20,21)/t11?,14-/m1/s1. The van der Waals surface area contributed by atoms with E-state index in [9.17, 15) is 14.7 Å². The van der Waals surface area contributed by atoms with Crippen LogP contribution in [0.4, 0.5) is 0 Å². The molecule has 1 heterocycles. The molecule has 0 fully saturated rings. The van der Waals surface area contributed by atoms with Gasteiger partial charge in [0.25, 0.3) is 0 Å². The van der Waals surface area contributed by atoms with Crippen molar-refractivity contribution in [3.8, 4) is 0 Å². The maximum absolute atomic E-state index is 12.6. The van der Waals surface area contributed by atoms with E-state index in [1.807, 2.05) is 38.1 Å². The summed E-state index contributed by atoms with van der Waals surface area (Å²) in [5.41, 5.74) is 2.06. The third-order valence-corrected chi connectivity index (χ3v) is 3.94. The van der Waals surface area contributed by atoms with Crippen molar-refractivity contribution in [1.29, 1.82) is 0 Å². The van der Waals surface area contributed by atoms with Crippen LogP contribution in [0.2, 0.25) is 0 Å². The fourth-order valence-corrected chi connectivity index (χ4v) is 2.71. The van der Waals surface area contributed by atoms with Crippen molar-refractivity contribution in [2.75, 3.05) is 13.1 Å². The number of rotatable bonds is 5. The number of fused-ring (bicyclic) bond motifs is 1. The largest absolute Gasteiger partial charge is 0.480 e. The Labute approximate surface area is 125 Å². The van der Waals surface area contributed by atoms with Crippen molar-refractivity contribution in [3.63, 3.8) is 0 Å². The Balaban J connectivity index is 2.20. The van der Waals surface area contributed by atoms with Crippen LogP contribution in [0.15, 0.2) is 24.3 Å². The molecule has 2 rings (SSSR count). The minimum absolute atomic E-state index is 0.0992. The zero-order chi connectivity index (χ0) is 15.4. The summed E-state index contributed by atoms with van der Waals surface area (Å²) in [6.45, 7) is 5.56. The highest BCUT2D eigenvalue weighted by molar-refractivity contribution is 5.85. The third-order valence-electron chi connectivity index (χ3n) is 3.94. The molecule has 114 valence electrons. The van der Waals surface area contributed by atoms with Crippen molar-refractivity contribution in [1.82, 2.24) is 10.2 Å². The Bertz CT molecular complexity index is 530. The topological polar surface area (TPSA) is 69.6 Å². The number of carbonyl (C=O) groups is 2. The fraction of sp³-hybridized carbons (Fsp3) is 0.500. The first-order chi connectivity index (χ1) is 10.0. The molecule has 1 aliphatic rings. The second kappa shape index (κ2) is 6.72. The molecule has 1 aromatic rings. The summed E-state index contributed by atoms with van der Waals surface area (Å²) >= 11 is 0.